The standard InChI is InChI=1S/C23H33N5O.BrH/c1-29-22-9-7-20(8-10-22)11-12-25-23(24)26-13-14-27-15-17-28(18-16-27)19-21-5-3-2-4-6-21;/h2-10H,11-19H2,1H3,(H3,24,25,26);1H. The van der Waals surface area contributed by atoms with E-state index in [4.69, 9.17) is 10.5 Å². The van der Waals surface area contributed by atoms with Crippen LogP contribution in [0, 0.1) is 0 Å². The van der Waals surface area contributed by atoms with Crippen molar-refractivity contribution in [2.45, 2.75) is 13.0 Å². The summed E-state index contributed by atoms with van der Waals surface area (Å²) < 4.78 is 5.18. The van der Waals surface area contributed by atoms with Crippen LogP contribution in [-0.4, -0.2) is 68.7 Å². The highest BCUT2D eigenvalue weighted by Crippen LogP contribution is 2.11. The zero-order valence-electron chi connectivity index (χ0n) is 17.8. The molecule has 1 saturated heterocycles. The Morgan fingerprint density at radius 2 is 1.63 bits per heavy atom. The molecule has 2 aromatic rings. The summed E-state index contributed by atoms with van der Waals surface area (Å²) in [5.74, 6) is 1.41. The number of nitrogens with two attached hydrogens (primary N) is 1. The van der Waals surface area contributed by atoms with E-state index in [0.717, 1.165) is 64.5 Å². The number of hydrogen-bond donors (Lipinski definition) is 2. The molecule has 0 spiro atoms. The number of hydrogen-bond acceptors (Lipinski definition) is 4. The van der Waals surface area contributed by atoms with Crippen LogP contribution in [0.1, 0.15) is 11.1 Å². The highest BCUT2D eigenvalue weighted by molar-refractivity contribution is 8.93. The Bertz CT molecular complexity index is 746. The summed E-state index contributed by atoms with van der Waals surface area (Å²) in [5.41, 5.74) is 8.64. The molecule has 1 aliphatic rings. The molecule has 6 nitrogen and oxygen atoms in total. The second-order valence-electron chi connectivity index (χ2n) is 7.40. The van der Waals surface area contributed by atoms with Crippen LogP contribution in [-0.2, 0) is 13.0 Å². The normalized spacial score (nSPS) is 15.4. The molecule has 3 N–H and O–H groups in total. The lowest BCUT2D eigenvalue weighted by atomic mass is 10.1. The molecule has 1 aliphatic heterocycles. The summed E-state index contributed by atoms with van der Waals surface area (Å²) in [7, 11) is 1.68. The number of aliphatic imine (C=N–C) groups is 1. The Morgan fingerprint density at radius 1 is 0.967 bits per heavy atom. The van der Waals surface area contributed by atoms with Gasteiger partial charge >= 0.3 is 0 Å². The highest BCUT2D eigenvalue weighted by Gasteiger charge is 2.16. The smallest absolute Gasteiger partial charge is 0.188 e. The average molecular weight is 476 g/mol. The van der Waals surface area contributed by atoms with Crippen LogP contribution in [0.3, 0.4) is 0 Å². The Balaban J connectivity index is 0.00000320. The molecule has 0 atom stereocenters. The van der Waals surface area contributed by atoms with E-state index in [-0.39, 0.29) is 17.0 Å². The maximum atomic E-state index is 6.00. The van der Waals surface area contributed by atoms with E-state index in [0.29, 0.717) is 5.96 Å². The average Bonchev–Trinajstić information content (AvgIpc) is 2.76. The molecule has 7 heteroatoms. The Morgan fingerprint density at radius 3 is 2.30 bits per heavy atom. The van der Waals surface area contributed by atoms with Crippen LogP contribution in [0.15, 0.2) is 59.6 Å². The lowest BCUT2D eigenvalue weighted by Crippen LogP contribution is -2.46. The molecular formula is C23H34BrN5O. The lowest BCUT2D eigenvalue weighted by molar-refractivity contribution is 0.130. The van der Waals surface area contributed by atoms with Gasteiger partial charge in [0, 0.05) is 45.8 Å². The monoisotopic (exact) mass is 475 g/mol. The molecule has 0 amide bonds. The summed E-state index contributed by atoms with van der Waals surface area (Å²) in [6, 6.07) is 18.8. The molecular weight excluding hydrogens is 442 g/mol. The summed E-state index contributed by atoms with van der Waals surface area (Å²) in [4.78, 5) is 9.46. The predicted molar refractivity (Wildman–Crippen MR) is 130 cm³/mol. The second-order valence-corrected chi connectivity index (χ2v) is 7.40. The molecule has 30 heavy (non-hydrogen) atoms. The molecule has 164 valence electrons. The van der Waals surface area contributed by atoms with Crippen LogP contribution in [0.4, 0.5) is 0 Å². The number of nitrogens with one attached hydrogen (secondary N) is 1. The Labute approximate surface area is 190 Å². The third-order valence-electron chi connectivity index (χ3n) is 5.29. The number of rotatable bonds is 9. The first-order valence-corrected chi connectivity index (χ1v) is 10.4. The fourth-order valence-electron chi connectivity index (χ4n) is 3.51. The summed E-state index contributed by atoms with van der Waals surface area (Å²) in [6.07, 6.45) is 0.906. The van der Waals surface area contributed by atoms with E-state index in [1.807, 2.05) is 12.1 Å². The van der Waals surface area contributed by atoms with Crippen molar-refractivity contribution in [2.24, 2.45) is 10.7 Å². The molecule has 0 aromatic heterocycles. The largest absolute Gasteiger partial charge is 0.497 e. The van der Waals surface area contributed by atoms with Crippen LogP contribution in [0.5, 0.6) is 5.75 Å². The van der Waals surface area contributed by atoms with E-state index >= 15 is 0 Å². The van der Waals surface area contributed by atoms with E-state index in [2.05, 4.69) is 62.6 Å². The number of ether oxygens (including phenoxy) is 1. The number of benzene rings is 2. The van der Waals surface area contributed by atoms with E-state index in [9.17, 15) is 0 Å². The molecule has 0 bridgehead atoms. The van der Waals surface area contributed by atoms with Gasteiger partial charge in [-0.15, -0.1) is 17.0 Å². The first kappa shape index (κ1) is 24.2. The van der Waals surface area contributed by atoms with Crippen molar-refractivity contribution in [3.8, 4) is 5.75 Å². The highest BCUT2D eigenvalue weighted by atomic mass is 79.9. The predicted octanol–water partition coefficient (Wildman–Crippen LogP) is 2.54. The SMILES string of the molecule is Br.COc1ccc(CCNC(N)=NCCN2CCN(Cc3ccccc3)CC2)cc1. The van der Waals surface area contributed by atoms with Gasteiger partial charge in [-0.25, -0.2) is 0 Å². The Hall–Kier alpha value is -2.09. The van der Waals surface area contributed by atoms with Crippen molar-refractivity contribution in [2.75, 3.05) is 52.9 Å². The number of halogens is 1. The van der Waals surface area contributed by atoms with Gasteiger partial charge in [-0.2, -0.15) is 0 Å². The fourth-order valence-corrected chi connectivity index (χ4v) is 3.51. The minimum Gasteiger partial charge on any atom is -0.497 e. The van der Waals surface area contributed by atoms with Gasteiger partial charge in [-0.1, -0.05) is 42.5 Å². The van der Waals surface area contributed by atoms with E-state index in [1.165, 1.54) is 11.1 Å². The summed E-state index contributed by atoms with van der Waals surface area (Å²) in [6.45, 7) is 7.90. The van der Waals surface area contributed by atoms with Crippen molar-refractivity contribution in [3.63, 3.8) is 0 Å². The van der Waals surface area contributed by atoms with Gasteiger partial charge < -0.3 is 15.8 Å². The van der Waals surface area contributed by atoms with Gasteiger partial charge in [0.25, 0.3) is 0 Å². The van der Waals surface area contributed by atoms with Crippen molar-refractivity contribution in [1.82, 2.24) is 15.1 Å². The van der Waals surface area contributed by atoms with Crippen molar-refractivity contribution in [1.29, 1.82) is 0 Å². The van der Waals surface area contributed by atoms with Gasteiger partial charge in [0.15, 0.2) is 5.96 Å². The van der Waals surface area contributed by atoms with Crippen molar-refractivity contribution in [3.05, 3.63) is 65.7 Å². The quantitative estimate of drug-likeness (QED) is 0.430. The molecule has 3 rings (SSSR count). The summed E-state index contributed by atoms with van der Waals surface area (Å²) in [5, 5.41) is 3.20. The second kappa shape index (κ2) is 13.3. The van der Waals surface area contributed by atoms with Crippen molar-refractivity contribution < 1.29 is 4.74 Å². The van der Waals surface area contributed by atoms with Crippen LogP contribution in [0.25, 0.3) is 0 Å². The first-order valence-electron chi connectivity index (χ1n) is 10.4. The number of piperazine rings is 1. The zero-order valence-corrected chi connectivity index (χ0v) is 19.5. The topological polar surface area (TPSA) is 66.1 Å². The molecule has 1 fully saturated rings. The van der Waals surface area contributed by atoms with Gasteiger partial charge in [0.1, 0.15) is 5.75 Å². The van der Waals surface area contributed by atoms with Crippen LogP contribution < -0.4 is 15.8 Å². The maximum absolute atomic E-state index is 6.00. The number of nitrogens with zero attached hydrogens (tertiary/aromatic N) is 3. The molecule has 0 unspecified atom stereocenters. The van der Waals surface area contributed by atoms with Gasteiger partial charge in [-0.05, 0) is 29.7 Å². The molecule has 2 aromatic carbocycles. The lowest BCUT2D eigenvalue weighted by Gasteiger charge is -2.34. The first-order chi connectivity index (χ1) is 14.2. The molecule has 1 heterocycles. The van der Waals surface area contributed by atoms with Crippen LogP contribution in [0.2, 0.25) is 0 Å². The third kappa shape index (κ3) is 8.34. The van der Waals surface area contributed by atoms with E-state index in [1.54, 1.807) is 7.11 Å². The van der Waals surface area contributed by atoms with Gasteiger partial charge in [-0.3, -0.25) is 14.8 Å². The number of methoxy groups -OCH3 is 1. The van der Waals surface area contributed by atoms with Crippen LogP contribution >= 0.6 is 17.0 Å². The Kier molecular flexibility index (Phi) is 10.7. The minimum absolute atomic E-state index is 0. The fraction of sp³-hybridized carbons (Fsp3) is 0.435. The van der Waals surface area contributed by atoms with Crippen molar-refractivity contribution >= 4 is 22.9 Å². The third-order valence-corrected chi connectivity index (χ3v) is 5.29. The minimum atomic E-state index is 0. The maximum Gasteiger partial charge on any atom is 0.188 e. The molecule has 0 saturated carbocycles. The van der Waals surface area contributed by atoms with E-state index < -0.39 is 0 Å². The summed E-state index contributed by atoms with van der Waals surface area (Å²) >= 11 is 0. The molecule has 0 aliphatic carbocycles. The van der Waals surface area contributed by atoms with Gasteiger partial charge in [0.05, 0.1) is 13.7 Å². The molecule has 0 radical (unpaired) electrons. The zero-order chi connectivity index (χ0) is 20.3. The number of guanidine groups is 1. The van der Waals surface area contributed by atoms with Gasteiger partial charge in [0.2, 0.25) is 0 Å².